The lowest BCUT2D eigenvalue weighted by Crippen LogP contribution is -2.18. The van der Waals surface area contributed by atoms with Crippen molar-refractivity contribution < 1.29 is 9.59 Å². The van der Waals surface area contributed by atoms with Crippen LogP contribution in [0.3, 0.4) is 0 Å². The number of hydrogen-bond donors (Lipinski definition) is 1. The fourth-order valence-corrected chi connectivity index (χ4v) is 2.83. The van der Waals surface area contributed by atoms with Crippen LogP contribution in [0.1, 0.15) is 26.3 Å². The molecular formula is C16H10BrNO2. The van der Waals surface area contributed by atoms with Gasteiger partial charge in [0.05, 0.1) is 5.56 Å². The third kappa shape index (κ3) is 1.89. The van der Waals surface area contributed by atoms with Gasteiger partial charge in [0.25, 0.3) is 0 Å². The maximum absolute atomic E-state index is 12.6. The number of rotatable bonds is 1. The molecule has 3 rings (SSSR count). The number of nitrogen functional groups attached to an aromatic ring is 1. The molecule has 4 heteroatoms. The van der Waals surface area contributed by atoms with Gasteiger partial charge in [0.2, 0.25) is 0 Å². The zero-order valence-electron chi connectivity index (χ0n) is 10.4. The lowest BCUT2D eigenvalue weighted by molar-refractivity contribution is 0.100. The number of anilines is 1. The Morgan fingerprint density at radius 1 is 0.900 bits per heavy atom. The number of carbonyl (C=O) groups is 2. The van der Waals surface area contributed by atoms with Crippen molar-refractivity contribution in [3.63, 3.8) is 0 Å². The molecule has 0 fully saturated rings. The van der Waals surface area contributed by atoms with E-state index in [-0.39, 0.29) is 11.6 Å². The van der Waals surface area contributed by atoms with Crippen LogP contribution in [0.15, 0.2) is 53.0 Å². The molecule has 0 aliphatic heterocycles. The Labute approximate surface area is 124 Å². The molecule has 0 heterocycles. The summed E-state index contributed by atoms with van der Waals surface area (Å²) in [5.74, 6) is -0.415. The molecule has 2 N–H and O–H groups in total. The predicted octanol–water partition coefficient (Wildman–Crippen LogP) is 3.49. The fraction of sp³-hybridized carbons (Fsp3) is 0. The Morgan fingerprint density at radius 2 is 1.60 bits per heavy atom. The number of ketones is 2. The van der Waals surface area contributed by atoms with Crippen LogP contribution in [0, 0.1) is 0 Å². The molecule has 2 aromatic rings. The molecule has 20 heavy (non-hydrogen) atoms. The van der Waals surface area contributed by atoms with Gasteiger partial charge in [-0.25, -0.2) is 0 Å². The van der Waals surface area contributed by atoms with Gasteiger partial charge in [-0.3, -0.25) is 9.59 Å². The van der Waals surface area contributed by atoms with Crippen LogP contribution in [-0.2, 0) is 0 Å². The second-order valence-corrected chi connectivity index (χ2v) is 5.36. The predicted molar refractivity (Wildman–Crippen MR) is 81.6 cm³/mol. The number of benzene rings is 2. The summed E-state index contributed by atoms with van der Waals surface area (Å²) in [5.41, 5.74) is 7.89. The van der Waals surface area contributed by atoms with Crippen molar-refractivity contribution in [3.8, 4) is 0 Å². The van der Waals surface area contributed by atoms with Crippen LogP contribution < -0.4 is 5.73 Å². The standard InChI is InChI=1S/C16H10BrNO2/c17-12-6-2-1-4-9(12)11-8-14(19)15-10(16(11)20)5-3-7-13(15)18/h1-8H,18H2. The Balaban J connectivity index is 2.21. The van der Waals surface area contributed by atoms with Crippen molar-refractivity contribution in [2.45, 2.75) is 0 Å². The average molecular weight is 328 g/mol. The number of hydrogen-bond acceptors (Lipinski definition) is 3. The van der Waals surface area contributed by atoms with Crippen LogP contribution in [0.4, 0.5) is 5.69 Å². The van der Waals surface area contributed by atoms with Crippen LogP contribution in [0.2, 0.25) is 0 Å². The summed E-state index contributed by atoms with van der Waals surface area (Å²) >= 11 is 3.40. The normalized spacial score (nSPS) is 13.9. The van der Waals surface area contributed by atoms with Gasteiger partial charge in [0.1, 0.15) is 0 Å². The van der Waals surface area contributed by atoms with Crippen LogP contribution in [-0.4, -0.2) is 11.6 Å². The summed E-state index contributed by atoms with van der Waals surface area (Å²) in [7, 11) is 0. The molecule has 0 aromatic heterocycles. The molecule has 0 radical (unpaired) electrons. The third-order valence-electron chi connectivity index (χ3n) is 3.27. The monoisotopic (exact) mass is 327 g/mol. The second kappa shape index (κ2) is 4.72. The van der Waals surface area contributed by atoms with E-state index in [0.29, 0.717) is 28.0 Å². The van der Waals surface area contributed by atoms with E-state index in [4.69, 9.17) is 5.73 Å². The molecule has 1 aliphatic carbocycles. The van der Waals surface area contributed by atoms with Gasteiger partial charge in [-0.1, -0.05) is 46.3 Å². The smallest absolute Gasteiger partial charge is 0.194 e. The molecule has 0 saturated heterocycles. The van der Waals surface area contributed by atoms with E-state index in [0.717, 1.165) is 4.47 Å². The first-order valence-electron chi connectivity index (χ1n) is 6.03. The van der Waals surface area contributed by atoms with Crippen LogP contribution in [0.5, 0.6) is 0 Å². The van der Waals surface area contributed by atoms with Gasteiger partial charge < -0.3 is 5.73 Å². The van der Waals surface area contributed by atoms with Gasteiger partial charge >= 0.3 is 0 Å². The minimum Gasteiger partial charge on any atom is -0.398 e. The fourth-order valence-electron chi connectivity index (χ4n) is 2.33. The molecule has 3 nitrogen and oxygen atoms in total. The van der Waals surface area contributed by atoms with Crippen molar-refractivity contribution >= 4 is 38.8 Å². The van der Waals surface area contributed by atoms with Crippen molar-refractivity contribution in [3.05, 3.63) is 69.7 Å². The Kier molecular flexibility index (Phi) is 3.03. The lowest BCUT2D eigenvalue weighted by atomic mass is 9.85. The molecule has 0 atom stereocenters. The number of halogens is 1. The first-order chi connectivity index (χ1) is 9.59. The van der Waals surface area contributed by atoms with E-state index in [2.05, 4.69) is 15.9 Å². The third-order valence-corrected chi connectivity index (χ3v) is 3.96. The van der Waals surface area contributed by atoms with E-state index in [1.807, 2.05) is 18.2 Å². The van der Waals surface area contributed by atoms with Crippen LogP contribution >= 0.6 is 15.9 Å². The number of carbonyl (C=O) groups excluding carboxylic acids is 2. The van der Waals surface area contributed by atoms with Gasteiger partial charge in [-0.05, 0) is 23.8 Å². The number of allylic oxidation sites excluding steroid dienone is 2. The summed E-state index contributed by atoms with van der Waals surface area (Å²) in [6, 6.07) is 12.3. The quantitative estimate of drug-likeness (QED) is 0.815. The molecule has 1 aliphatic rings. The molecule has 0 bridgehead atoms. The first-order valence-corrected chi connectivity index (χ1v) is 6.83. The van der Waals surface area contributed by atoms with Crippen LogP contribution in [0.25, 0.3) is 5.57 Å². The Hall–Kier alpha value is -2.20. The van der Waals surface area contributed by atoms with Crippen molar-refractivity contribution in [1.82, 2.24) is 0 Å². The van der Waals surface area contributed by atoms with Gasteiger partial charge in [-0.2, -0.15) is 0 Å². The molecule has 0 unspecified atom stereocenters. The zero-order valence-corrected chi connectivity index (χ0v) is 12.0. The van der Waals surface area contributed by atoms with Gasteiger partial charge in [0.15, 0.2) is 11.6 Å². The summed E-state index contributed by atoms with van der Waals surface area (Å²) < 4.78 is 0.778. The largest absolute Gasteiger partial charge is 0.398 e. The highest BCUT2D eigenvalue weighted by atomic mass is 79.9. The molecule has 98 valence electrons. The summed E-state index contributed by atoms with van der Waals surface area (Å²) in [5, 5.41) is 0. The molecular weight excluding hydrogens is 318 g/mol. The van der Waals surface area contributed by atoms with E-state index < -0.39 is 0 Å². The van der Waals surface area contributed by atoms with Gasteiger partial charge in [-0.15, -0.1) is 0 Å². The van der Waals surface area contributed by atoms with Gasteiger partial charge in [0, 0.05) is 21.3 Å². The highest BCUT2D eigenvalue weighted by Gasteiger charge is 2.28. The molecule has 0 saturated carbocycles. The van der Waals surface area contributed by atoms with E-state index >= 15 is 0 Å². The van der Waals surface area contributed by atoms with E-state index in [9.17, 15) is 9.59 Å². The number of fused-ring (bicyclic) bond motifs is 1. The van der Waals surface area contributed by atoms with Crippen molar-refractivity contribution in [2.75, 3.05) is 5.73 Å². The average Bonchev–Trinajstić information content (AvgIpc) is 2.43. The summed E-state index contributed by atoms with van der Waals surface area (Å²) in [4.78, 5) is 24.8. The number of nitrogens with two attached hydrogens (primary N) is 1. The number of Topliss-reactive ketones (excluding diaryl/α,β-unsaturated/α-hetero) is 1. The zero-order chi connectivity index (χ0) is 14.3. The second-order valence-electron chi connectivity index (χ2n) is 4.50. The first kappa shape index (κ1) is 12.8. The Bertz CT molecular complexity index is 778. The maximum Gasteiger partial charge on any atom is 0.194 e. The SMILES string of the molecule is Nc1cccc2c1C(=O)C=C(c1ccccc1Br)C2=O. The molecule has 0 spiro atoms. The maximum atomic E-state index is 12.6. The Morgan fingerprint density at radius 3 is 2.35 bits per heavy atom. The molecule has 0 amide bonds. The topological polar surface area (TPSA) is 60.2 Å². The highest BCUT2D eigenvalue weighted by Crippen LogP contribution is 2.33. The van der Waals surface area contributed by atoms with Crippen molar-refractivity contribution in [1.29, 1.82) is 0 Å². The lowest BCUT2D eigenvalue weighted by Gasteiger charge is -2.17. The van der Waals surface area contributed by atoms with Crippen molar-refractivity contribution in [2.24, 2.45) is 0 Å². The summed E-state index contributed by atoms with van der Waals surface area (Å²) in [6.07, 6.45) is 1.36. The minimum absolute atomic E-state index is 0.182. The summed E-state index contributed by atoms with van der Waals surface area (Å²) in [6.45, 7) is 0. The van der Waals surface area contributed by atoms with E-state index in [1.54, 1.807) is 24.3 Å². The highest BCUT2D eigenvalue weighted by molar-refractivity contribution is 9.10. The van der Waals surface area contributed by atoms with E-state index in [1.165, 1.54) is 6.08 Å². The minimum atomic E-state index is -0.233. The molecule has 2 aromatic carbocycles.